The molecule has 4 nitrogen and oxygen atoms in total. The van der Waals surface area contributed by atoms with Gasteiger partial charge in [-0.05, 0) is 24.6 Å². The molecule has 0 aliphatic rings. The monoisotopic (exact) mass is 234 g/mol. The van der Waals surface area contributed by atoms with Crippen LogP contribution < -0.4 is 10.5 Å². The van der Waals surface area contributed by atoms with Gasteiger partial charge in [-0.1, -0.05) is 13.3 Å². The van der Waals surface area contributed by atoms with Gasteiger partial charge in [-0.3, -0.25) is 0 Å². The van der Waals surface area contributed by atoms with Gasteiger partial charge in [-0.15, -0.1) is 0 Å². The Hall–Kier alpha value is -1.73. The van der Waals surface area contributed by atoms with Crippen LogP contribution in [0.1, 0.15) is 25.3 Å². The predicted molar refractivity (Wildman–Crippen MR) is 66.8 cm³/mol. The number of anilines is 1. The summed E-state index contributed by atoms with van der Waals surface area (Å²) in [6, 6.07) is 7.02. The maximum absolute atomic E-state index is 8.68. The van der Waals surface area contributed by atoms with E-state index in [-0.39, 0.29) is 0 Å². The van der Waals surface area contributed by atoms with Gasteiger partial charge in [0.2, 0.25) is 0 Å². The van der Waals surface area contributed by atoms with Crippen molar-refractivity contribution in [3.8, 4) is 11.8 Å². The molecule has 92 valence electrons. The van der Waals surface area contributed by atoms with Crippen molar-refractivity contribution in [2.75, 3.05) is 25.6 Å². The Kier molecular flexibility index (Phi) is 5.91. The molecule has 1 aromatic carbocycles. The molecule has 1 aromatic rings. The number of hydrogen-bond donors (Lipinski definition) is 1. The van der Waals surface area contributed by atoms with E-state index in [1.165, 1.54) is 0 Å². The normalized spacial score (nSPS) is 9.88. The third-order valence-electron chi connectivity index (χ3n) is 2.27. The summed E-state index contributed by atoms with van der Waals surface area (Å²) in [7, 11) is 0. The summed E-state index contributed by atoms with van der Waals surface area (Å²) in [5.74, 6) is 0.600. The number of nitrogens with zero attached hydrogens (tertiary/aromatic N) is 1. The Morgan fingerprint density at radius 3 is 2.76 bits per heavy atom. The molecule has 0 saturated carbocycles. The fourth-order valence-corrected chi connectivity index (χ4v) is 1.31. The highest BCUT2D eigenvalue weighted by atomic mass is 16.5. The third-order valence-corrected chi connectivity index (χ3v) is 2.27. The lowest BCUT2D eigenvalue weighted by atomic mass is 10.2. The van der Waals surface area contributed by atoms with Gasteiger partial charge in [0.05, 0.1) is 23.9 Å². The van der Waals surface area contributed by atoms with Crippen LogP contribution in [0.5, 0.6) is 5.75 Å². The molecule has 0 aliphatic heterocycles. The van der Waals surface area contributed by atoms with Crippen molar-refractivity contribution in [2.45, 2.75) is 19.8 Å². The van der Waals surface area contributed by atoms with Crippen LogP contribution in [0.2, 0.25) is 0 Å². The Morgan fingerprint density at radius 1 is 1.29 bits per heavy atom. The van der Waals surface area contributed by atoms with Gasteiger partial charge in [0, 0.05) is 6.61 Å². The summed E-state index contributed by atoms with van der Waals surface area (Å²) >= 11 is 0. The van der Waals surface area contributed by atoms with E-state index < -0.39 is 0 Å². The molecule has 0 radical (unpaired) electrons. The predicted octanol–water partition coefficient (Wildman–Crippen LogP) is 2.34. The Labute approximate surface area is 102 Å². The third kappa shape index (κ3) is 4.75. The van der Waals surface area contributed by atoms with Crippen LogP contribution in [0.4, 0.5) is 5.69 Å². The molecule has 0 amide bonds. The minimum Gasteiger partial charge on any atom is -0.489 e. The van der Waals surface area contributed by atoms with Crippen molar-refractivity contribution in [3.05, 3.63) is 23.8 Å². The molecule has 2 N–H and O–H groups in total. The number of ether oxygens (including phenoxy) is 2. The summed E-state index contributed by atoms with van der Waals surface area (Å²) < 4.78 is 10.8. The smallest absolute Gasteiger partial charge is 0.142 e. The molecule has 0 spiro atoms. The maximum Gasteiger partial charge on any atom is 0.142 e. The number of unbranched alkanes of at least 4 members (excludes halogenated alkanes) is 1. The molecule has 0 bridgehead atoms. The molecular formula is C13H18N2O2. The van der Waals surface area contributed by atoms with Crippen molar-refractivity contribution >= 4 is 5.69 Å². The Bertz CT molecular complexity index is 385. The highest BCUT2D eigenvalue weighted by molar-refractivity contribution is 5.56. The lowest BCUT2D eigenvalue weighted by Crippen LogP contribution is -2.08. The van der Waals surface area contributed by atoms with Crippen LogP contribution in [-0.2, 0) is 4.74 Å². The first-order valence-electron chi connectivity index (χ1n) is 5.78. The maximum atomic E-state index is 8.68. The number of hydrogen-bond acceptors (Lipinski definition) is 4. The van der Waals surface area contributed by atoms with Crippen LogP contribution in [0, 0.1) is 11.3 Å². The van der Waals surface area contributed by atoms with Crippen molar-refractivity contribution in [1.82, 2.24) is 0 Å². The molecule has 0 atom stereocenters. The first-order chi connectivity index (χ1) is 8.27. The fourth-order valence-electron chi connectivity index (χ4n) is 1.31. The van der Waals surface area contributed by atoms with Gasteiger partial charge < -0.3 is 15.2 Å². The van der Waals surface area contributed by atoms with E-state index in [1.54, 1.807) is 18.2 Å². The number of benzene rings is 1. The molecule has 0 fully saturated rings. The van der Waals surface area contributed by atoms with Crippen LogP contribution in [0.25, 0.3) is 0 Å². The largest absolute Gasteiger partial charge is 0.489 e. The Balaban J connectivity index is 2.30. The van der Waals surface area contributed by atoms with E-state index in [2.05, 4.69) is 6.92 Å². The van der Waals surface area contributed by atoms with Crippen molar-refractivity contribution in [2.24, 2.45) is 0 Å². The highest BCUT2D eigenvalue weighted by Crippen LogP contribution is 2.21. The van der Waals surface area contributed by atoms with Gasteiger partial charge in [0.1, 0.15) is 12.4 Å². The molecule has 0 heterocycles. The van der Waals surface area contributed by atoms with Gasteiger partial charge in [-0.25, -0.2) is 0 Å². The number of rotatable bonds is 7. The van der Waals surface area contributed by atoms with E-state index in [0.29, 0.717) is 30.2 Å². The van der Waals surface area contributed by atoms with Crippen LogP contribution in [0.15, 0.2) is 18.2 Å². The van der Waals surface area contributed by atoms with Gasteiger partial charge in [0.15, 0.2) is 0 Å². The van der Waals surface area contributed by atoms with Crippen LogP contribution in [-0.4, -0.2) is 19.8 Å². The standard InChI is InChI=1S/C13H18N2O2/c1-2-3-6-16-7-8-17-13-5-4-11(10-14)9-12(13)15/h4-5,9H,2-3,6-8,15H2,1H3. The molecule has 17 heavy (non-hydrogen) atoms. The van der Waals surface area contributed by atoms with Crippen LogP contribution >= 0.6 is 0 Å². The SMILES string of the molecule is CCCCOCCOc1ccc(C#N)cc1N. The molecule has 4 heteroatoms. The molecule has 0 unspecified atom stereocenters. The van der Waals surface area contributed by atoms with Gasteiger partial charge in [0.25, 0.3) is 0 Å². The van der Waals surface area contributed by atoms with Crippen LogP contribution in [0.3, 0.4) is 0 Å². The molecule has 1 rings (SSSR count). The summed E-state index contributed by atoms with van der Waals surface area (Å²) in [4.78, 5) is 0. The topological polar surface area (TPSA) is 68.3 Å². The molecule has 0 aliphatic carbocycles. The van der Waals surface area contributed by atoms with E-state index in [0.717, 1.165) is 19.4 Å². The average molecular weight is 234 g/mol. The zero-order chi connectivity index (χ0) is 12.5. The number of nitriles is 1. The van der Waals surface area contributed by atoms with Crippen molar-refractivity contribution < 1.29 is 9.47 Å². The van der Waals surface area contributed by atoms with Crippen molar-refractivity contribution in [3.63, 3.8) is 0 Å². The zero-order valence-electron chi connectivity index (χ0n) is 10.1. The second-order valence-electron chi connectivity index (χ2n) is 3.68. The molecule has 0 saturated heterocycles. The van der Waals surface area contributed by atoms with E-state index >= 15 is 0 Å². The zero-order valence-corrected chi connectivity index (χ0v) is 10.1. The highest BCUT2D eigenvalue weighted by Gasteiger charge is 2.01. The van der Waals surface area contributed by atoms with Gasteiger partial charge >= 0.3 is 0 Å². The lowest BCUT2D eigenvalue weighted by molar-refractivity contribution is 0.0983. The summed E-state index contributed by atoms with van der Waals surface area (Å²) in [6.45, 7) is 3.92. The fraction of sp³-hybridized carbons (Fsp3) is 0.462. The second kappa shape index (κ2) is 7.53. The van der Waals surface area contributed by atoms with E-state index in [4.69, 9.17) is 20.5 Å². The molecular weight excluding hydrogens is 216 g/mol. The summed E-state index contributed by atoms with van der Waals surface area (Å²) in [6.07, 6.45) is 2.20. The first-order valence-corrected chi connectivity index (χ1v) is 5.78. The summed E-state index contributed by atoms with van der Waals surface area (Å²) in [5, 5.41) is 8.68. The number of nitrogens with two attached hydrogens (primary N) is 1. The van der Waals surface area contributed by atoms with E-state index in [9.17, 15) is 0 Å². The minimum atomic E-state index is 0.472. The minimum absolute atomic E-state index is 0.472. The Morgan fingerprint density at radius 2 is 2.12 bits per heavy atom. The van der Waals surface area contributed by atoms with E-state index in [1.807, 2.05) is 6.07 Å². The second-order valence-corrected chi connectivity index (χ2v) is 3.68. The lowest BCUT2D eigenvalue weighted by Gasteiger charge is -2.09. The van der Waals surface area contributed by atoms with Gasteiger partial charge in [-0.2, -0.15) is 5.26 Å². The molecule has 0 aromatic heterocycles. The quantitative estimate of drug-likeness (QED) is 0.580. The average Bonchev–Trinajstić information content (AvgIpc) is 2.35. The summed E-state index contributed by atoms with van der Waals surface area (Å²) in [5.41, 5.74) is 6.76. The first kappa shape index (κ1) is 13.3. The van der Waals surface area contributed by atoms with Crippen molar-refractivity contribution in [1.29, 1.82) is 5.26 Å². The number of nitrogen functional groups attached to an aromatic ring is 1.